The van der Waals surface area contributed by atoms with Gasteiger partial charge in [-0.25, -0.2) is 28.6 Å². The molecule has 2 unspecified atom stereocenters. The number of carbonyl (C=O) groups excluding carboxylic acids is 1. The number of nitrogens with two attached hydrogens (primary N) is 2. The second kappa shape index (κ2) is 13.7. The Balaban J connectivity index is 1.23. The number of primary amides is 1. The van der Waals surface area contributed by atoms with Crippen LogP contribution in [-0.4, -0.2) is 126 Å². The van der Waals surface area contributed by atoms with E-state index in [2.05, 4.69) is 32.8 Å². The molecule has 2 fully saturated rings. The van der Waals surface area contributed by atoms with Crippen LogP contribution in [0.5, 0.6) is 0 Å². The van der Waals surface area contributed by atoms with Crippen LogP contribution in [0.2, 0.25) is 0 Å². The van der Waals surface area contributed by atoms with Crippen LogP contribution in [0.25, 0.3) is 11.2 Å². The fraction of sp³-hybridized carbons (Fsp3) is 0.524. The van der Waals surface area contributed by atoms with Gasteiger partial charge in [0, 0.05) is 18.0 Å². The van der Waals surface area contributed by atoms with Gasteiger partial charge in [0.15, 0.2) is 23.9 Å². The second-order valence-electron chi connectivity index (χ2n) is 10.6. The van der Waals surface area contributed by atoms with Crippen molar-refractivity contribution in [3.8, 4) is 0 Å². The fourth-order valence-electron chi connectivity index (χ4n) is 4.95. The normalized spacial score (nSPS) is 33.0. The van der Waals surface area contributed by atoms with Gasteiger partial charge in [0.05, 0.1) is 12.9 Å². The third kappa shape index (κ3) is 8.25. The van der Waals surface area contributed by atoms with Crippen molar-refractivity contribution in [2.75, 3.05) is 18.9 Å². The minimum absolute atomic E-state index is 0.0212. The van der Waals surface area contributed by atoms with Gasteiger partial charge < -0.3 is 65.8 Å². The summed E-state index contributed by atoms with van der Waals surface area (Å²) in [5, 5.41) is 42.5. The molecule has 28 heteroatoms. The Morgan fingerprint density at radius 1 is 1.04 bits per heavy atom. The molecule has 1 amide bonds. The molecule has 5 rings (SSSR count). The molecule has 0 bridgehead atoms. The quantitative estimate of drug-likeness (QED) is 0.0896. The van der Waals surface area contributed by atoms with Crippen LogP contribution in [-0.2, 0) is 45.8 Å². The van der Waals surface area contributed by atoms with Crippen molar-refractivity contribution in [2.45, 2.75) is 55.2 Å². The van der Waals surface area contributed by atoms with E-state index in [-0.39, 0.29) is 29.0 Å². The monoisotopic (exact) mass is 761 g/mol. The van der Waals surface area contributed by atoms with Crippen LogP contribution in [0.4, 0.5) is 5.82 Å². The number of ether oxygens (including phenoxy) is 2. The van der Waals surface area contributed by atoms with E-state index in [0.29, 0.717) is 0 Å². The predicted octanol–water partition coefficient (Wildman–Crippen LogP) is -3.25. The summed E-state index contributed by atoms with van der Waals surface area (Å²) >= 11 is 0. The Labute approximate surface area is 273 Å². The summed E-state index contributed by atoms with van der Waals surface area (Å²) in [4.78, 5) is 63.3. The van der Waals surface area contributed by atoms with Crippen molar-refractivity contribution in [1.29, 1.82) is 0 Å². The van der Waals surface area contributed by atoms with E-state index in [4.69, 9.17) is 20.9 Å². The maximum absolute atomic E-state index is 12.6. The Bertz CT molecular complexity index is 1790. The minimum Gasteiger partial charge on any atom is -0.387 e. The molecule has 25 nitrogen and oxygen atoms in total. The number of nitrogens with zero attached hydrogens (tertiary/aromatic N) is 5. The van der Waals surface area contributed by atoms with Gasteiger partial charge in [-0.3, -0.25) is 22.9 Å². The van der Waals surface area contributed by atoms with E-state index < -0.39 is 91.4 Å². The molecule has 12 N–H and O–H groups in total. The lowest BCUT2D eigenvalue weighted by atomic mass is 10.1. The number of aliphatic hydroxyl groups excluding tert-OH is 3. The Hall–Kier alpha value is -2.77. The first kappa shape index (κ1) is 37.5. The first-order chi connectivity index (χ1) is 22.7. The molecular formula is C21H30N7O18P3. The first-order valence-corrected chi connectivity index (χ1v) is 18.1. The lowest BCUT2D eigenvalue weighted by Crippen LogP contribution is -2.47. The Kier molecular flexibility index (Phi) is 10.5. The van der Waals surface area contributed by atoms with E-state index >= 15 is 0 Å². The topological polar surface area (TPSA) is 384 Å². The number of phosphoric acid groups is 3. The summed E-state index contributed by atoms with van der Waals surface area (Å²) in [6.45, 7) is -2.56. The molecule has 2 aromatic rings. The van der Waals surface area contributed by atoms with Crippen LogP contribution in [0.3, 0.4) is 0 Å². The van der Waals surface area contributed by atoms with Gasteiger partial charge in [-0.1, -0.05) is 6.08 Å². The van der Waals surface area contributed by atoms with E-state index in [1.54, 1.807) is 0 Å². The van der Waals surface area contributed by atoms with E-state index in [9.17, 15) is 58.5 Å². The summed E-state index contributed by atoms with van der Waals surface area (Å²) in [6.07, 6.45) is -6.25. The fourth-order valence-corrected chi connectivity index (χ4v) is 7.59. The van der Waals surface area contributed by atoms with Gasteiger partial charge in [-0.2, -0.15) is 4.31 Å². The van der Waals surface area contributed by atoms with Gasteiger partial charge in [-0.05, 0) is 6.42 Å². The molecule has 0 aromatic carbocycles. The van der Waals surface area contributed by atoms with Gasteiger partial charge in [0.2, 0.25) is 11.7 Å². The third-order valence-electron chi connectivity index (χ3n) is 7.21. The zero-order chi connectivity index (χ0) is 36.1. The highest BCUT2D eigenvalue weighted by Gasteiger charge is 2.59. The first-order valence-electron chi connectivity index (χ1n) is 13.6. The van der Waals surface area contributed by atoms with Crippen molar-refractivity contribution < 1.29 is 85.8 Å². The molecule has 2 aromatic heterocycles. The SMILES string of the molecule is NC(=O)C1=CN([C@@H]2O[C@H](COP(=O)(O)OP(=O)(O)OC[C@@]3(O)O[C@@H](n4cnc5c(N)ncnc54)[C@H](OP(=O)(O)O)[C@H]3O)[C@@H](O)[C@H]2O)C=CC1. The summed E-state index contributed by atoms with van der Waals surface area (Å²) in [6, 6.07) is 0. The molecule has 3 aliphatic rings. The molecule has 0 spiro atoms. The number of nitrogen functional groups attached to an aromatic ring is 1. The van der Waals surface area contributed by atoms with Crippen molar-refractivity contribution in [1.82, 2.24) is 24.4 Å². The molecule has 2 saturated heterocycles. The van der Waals surface area contributed by atoms with Crippen LogP contribution < -0.4 is 11.5 Å². The smallest absolute Gasteiger partial charge is 0.387 e. The summed E-state index contributed by atoms with van der Waals surface area (Å²) < 4.78 is 66.5. The van der Waals surface area contributed by atoms with Crippen molar-refractivity contribution >= 4 is 46.4 Å². The van der Waals surface area contributed by atoms with Crippen LogP contribution in [0.1, 0.15) is 12.6 Å². The van der Waals surface area contributed by atoms with Crippen molar-refractivity contribution in [3.63, 3.8) is 0 Å². The third-order valence-corrected chi connectivity index (χ3v) is 10.3. The summed E-state index contributed by atoms with van der Waals surface area (Å²) in [5.74, 6) is -3.98. The number of rotatable bonds is 13. The van der Waals surface area contributed by atoms with Crippen molar-refractivity contribution in [3.05, 3.63) is 36.7 Å². The lowest BCUT2D eigenvalue weighted by Gasteiger charge is -2.28. The second-order valence-corrected chi connectivity index (χ2v) is 14.9. The molecule has 0 radical (unpaired) electrons. The molecule has 0 saturated carbocycles. The molecule has 5 heterocycles. The number of hydrogen-bond acceptors (Lipinski definition) is 19. The average molecular weight is 761 g/mol. The van der Waals surface area contributed by atoms with Crippen molar-refractivity contribution in [2.24, 2.45) is 5.73 Å². The number of aromatic nitrogens is 4. The Morgan fingerprint density at radius 2 is 1.73 bits per heavy atom. The number of anilines is 1. The number of amides is 1. The number of aliphatic hydroxyl groups is 4. The highest BCUT2D eigenvalue weighted by atomic mass is 31.3. The van der Waals surface area contributed by atoms with Crippen LogP contribution in [0.15, 0.2) is 36.7 Å². The van der Waals surface area contributed by atoms with Gasteiger partial charge in [0.1, 0.15) is 49.0 Å². The number of phosphoric ester groups is 3. The van der Waals surface area contributed by atoms with Gasteiger partial charge >= 0.3 is 23.5 Å². The largest absolute Gasteiger partial charge is 0.481 e. The van der Waals surface area contributed by atoms with Crippen LogP contribution in [0, 0.1) is 0 Å². The highest BCUT2D eigenvalue weighted by Crippen LogP contribution is 2.61. The summed E-state index contributed by atoms with van der Waals surface area (Å²) in [5.41, 5.74) is 11.0. The summed E-state index contributed by atoms with van der Waals surface area (Å²) in [7, 11) is -16.7. The van der Waals surface area contributed by atoms with Crippen LogP contribution >= 0.6 is 23.5 Å². The number of fused-ring (bicyclic) bond motifs is 1. The molecule has 0 aliphatic carbocycles. The lowest BCUT2D eigenvalue weighted by molar-refractivity contribution is -0.251. The van der Waals surface area contributed by atoms with Gasteiger partial charge in [0.25, 0.3) is 0 Å². The average Bonchev–Trinajstić information content (AvgIpc) is 3.64. The Morgan fingerprint density at radius 3 is 2.41 bits per heavy atom. The number of allylic oxidation sites excluding steroid dienone is 1. The molecule has 272 valence electrons. The molecule has 10 atom stereocenters. The highest BCUT2D eigenvalue weighted by molar-refractivity contribution is 7.61. The van der Waals surface area contributed by atoms with E-state index in [0.717, 1.165) is 17.2 Å². The van der Waals surface area contributed by atoms with Gasteiger partial charge in [-0.15, -0.1) is 0 Å². The maximum Gasteiger partial charge on any atom is 0.481 e. The minimum atomic E-state index is -5.72. The van der Waals surface area contributed by atoms with E-state index in [1.165, 1.54) is 23.4 Å². The maximum atomic E-state index is 12.6. The standard InChI is InChI=1S/C21H30N7O18P3/c22-16-11-18(25-7-24-16)28(8-26-11)20-14(45-47(34,35)36)15(31)21(33,44-20)6-42-49(39,40)46-48(37,38)41-5-10-12(29)13(30)19(43-10)27-3-1-2-9(4-27)17(23)32/h1,3-4,7-8,10,12-15,19-20,29-31,33H,2,5-6H2,(H2,23,32)(H,37,38)(H,39,40)(H2,22,24,25)(H2,34,35,36)/t10-,12-,13-,14-,15-,19-,20-,21-/m1/s1. The number of imidazole rings is 1. The predicted molar refractivity (Wildman–Crippen MR) is 154 cm³/mol. The number of carbonyl (C=O) groups is 1. The molecule has 49 heavy (non-hydrogen) atoms. The molecular weight excluding hydrogens is 731 g/mol. The number of hydrogen-bond donors (Lipinski definition) is 10. The zero-order valence-electron chi connectivity index (χ0n) is 24.4. The van der Waals surface area contributed by atoms with E-state index in [1.807, 2.05) is 0 Å². The zero-order valence-corrected chi connectivity index (χ0v) is 27.1. The molecule has 3 aliphatic heterocycles.